The highest BCUT2D eigenvalue weighted by molar-refractivity contribution is 7.78. The summed E-state index contributed by atoms with van der Waals surface area (Å²) < 4.78 is 6.80. The Morgan fingerprint density at radius 2 is 1.72 bits per heavy atom. The Morgan fingerprint density at radius 3 is 2.31 bits per heavy atom. The molecule has 0 unspecified atom stereocenters. The van der Waals surface area contributed by atoms with Gasteiger partial charge in [-0.25, -0.2) is 4.99 Å². The highest BCUT2D eigenvalue weighted by atomic mass is 32.1. The van der Waals surface area contributed by atoms with Crippen LogP contribution in [0.3, 0.4) is 0 Å². The third-order valence-corrected chi connectivity index (χ3v) is 8.79. The molecule has 166 valence electrons. The molecular weight excluding hydrogens is 382 g/mol. The maximum atomic E-state index is 11.2. The van der Waals surface area contributed by atoms with Gasteiger partial charge in [-0.15, -0.1) is 11.6 Å². The van der Waals surface area contributed by atoms with Crippen LogP contribution in [0.5, 0.6) is 0 Å². The van der Waals surface area contributed by atoms with E-state index in [-0.39, 0.29) is 34.7 Å². The number of hydrogen-bond acceptors (Lipinski definition) is 4. The molecule has 29 heavy (non-hydrogen) atoms. The molecule has 0 amide bonds. The van der Waals surface area contributed by atoms with E-state index in [2.05, 4.69) is 43.2 Å². The second-order valence-corrected chi connectivity index (χ2v) is 11.0. The summed E-state index contributed by atoms with van der Waals surface area (Å²) in [6, 6.07) is -0.116. The first-order chi connectivity index (χ1) is 13.4. The zero-order valence-corrected chi connectivity index (χ0v) is 20.1. The molecule has 1 heterocycles. The Bertz CT molecular complexity index is 663. The summed E-state index contributed by atoms with van der Waals surface area (Å²) >= 11 is 5.01. The highest BCUT2D eigenvalue weighted by Gasteiger charge is 2.58. The molecule has 0 bridgehead atoms. The number of thiocarbonyl (C=S) groups is 1. The Hall–Kier alpha value is -0.360. The fraction of sp³-hybridized carbons (Fsp3) is 0.957. The molecule has 6 heteroatoms. The van der Waals surface area contributed by atoms with Gasteiger partial charge in [-0.3, -0.25) is 0 Å². The van der Waals surface area contributed by atoms with Gasteiger partial charge in [0.05, 0.1) is 16.3 Å². The van der Waals surface area contributed by atoms with Crippen molar-refractivity contribution in [2.75, 3.05) is 14.1 Å². The van der Waals surface area contributed by atoms with Crippen LogP contribution < -0.4 is 0 Å². The van der Waals surface area contributed by atoms with Gasteiger partial charge in [0.15, 0.2) is 0 Å². The van der Waals surface area contributed by atoms with E-state index in [0.29, 0.717) is 11.8 Å². The molecule has 5 nitrogen and oxygen atoms in total. The average Bonchev–Trinajstić information content (AvgIpc) is 3.05. The number of fused-ring (bicyclic) bond motifs is 1. The van der Waals surface area contributed by atoms with Crippen molar-refractivity contribution in [3.05, 3.63) is 10.6 Å². The van der Waals surface area contributed by atoms with Crippen molar-refractivity contribution in [3.8, 4) is 0 Å². The number of aliphatic hydroxyl groups is 1. The van der Waals surface area contributed by atoms with Gasteiger partial charge < -0.3 is 20.5 Å². The zero-order chi connectivity index (χ0) is 21.7. The standard InChI is InChI=1S/C23H39N3O2S/c1-20(2,25-7)17-10-13-23(5,28-17)16-8-11-21(3,26-14-29)15-9-12-22(4,27)19(24-6)18(15)16/h15-19,27H,8-13H2,1-7H3/q-2/t15-,16-,17-,18-,19+,21+,22+,23+/m0/s1. The fourth-order valence-electron chi connectivity index (χ4n) is 6.65. The summed E-state index contributed by atoms with van der Waals surface area (Å²) in [5.74, 6) is 0.882. The molecule has 8 atom stereocenters. The summed E-state index contributed by atoms with van der Waals surface area (Å²) in [6.45, 7) is 10.8. The Balaban J connectivity index is 1.98. The molecule has 0 aromatic carbocycles. The predicted octanol–water partition coefficient (Wildman–Crippen LogP) is 5.13. The van der Waals surface area contributed by atoms with E-state index in [1.165, 1.54) is 0 Å². The smallest absolute Gasteiger partial charge is 0.0713 e. The summed E-state index contributed by atoms with van der Waals surface area (Å²) in [4.78, 5) is 4.65. The number of likely N-dealkylation sites (N-methyl/N-ethyl adjacent to an activating group) is 2. The van der Waals surface area contributed by atoms with Crippen LogP contribution in [0.4, 0.5) is 0 Å². The fourth-order valence-corrected chi connectivity index (χ4v) is 6.86. The molecule has 1 N–H and O–H groups in total. The maximum Gasteiger partial charge on any atom is 0.0713 e. The zero-order valence-electron chi connectivity index (χ0n) is 19.2. The minimum absolute atomic E-state index is 0.116. The van der Waals surface area contributed by atoms with Crippen LogP contribution in [0.1, 0.15) is 73.1 Å². The molecule has 3 aliphatic rings. The molecule has 0 spiro atoms. The molecule has 0 aromatic heterocycles. The number of rotatable bonds is 5. The second kappa shape index (κ2) is 7.96. The lowest BCUT2D eigenvalue weighted by atomic mass is 9.51. The van der Waals surface area contributed by atoms with Crippen LogP contribution in [0, 0.1) is 17.8 Å². The van der Waals surface area contributed by atoms with Crippen molar-refractivity contribution < 1.29 is 9.84 Å². The minimum Gasteiger partial charge on any atom is -0.660 e. The van der Waals surface area contributed by atoms with Gasteiger partial charge in [0.1, 0.15) is 0 Å². The van der Waals surface area contributed by atoms with Crippen molar-refractivity contribution in [1.82, 2.24) is 0 Å². The maximum absolute atomic E-state index is 11.2. The molecule has 2 saturated carbocycles. The Labute approximate surface area is 182 Å². The molecule has 1 aliphatic heterocycles. The summed E-state index contributed by atoms with van der Waals surface area (Å²) in [5.41, 5.74) is -1.43. The SMILES string of the molecule is C[N-][C@@H]1[C@H]2[C@H](CC[C@@]1(C)O)[C@](C)(N=C=S)CC[C@@H]2[C@@]1(C)CC[C@@H](C(C)(C)[N-]C)O1. The van der Waals surface area contributed by atoms with Gasteiger partial charge in [0.2, 0.25) is 0 Å². The van der Waals surface area contributed by atoms with Gasteiger partial charge in [-0.1, -0.05) is 13.8 Å². The first-order valence-corrected chi connectivity index (χ1v) is 11.5. The van der Waals surface area contributed by atoms with E-state index in [0.717, 1.165) is 38.5 Å². The van der Waals surface area contributed by atoms with Crippen molar-refractivity contribution >= 4 is 17.4 Å². The van der Waals surface area contributed by atoms with Gasteiger partial charge in [-0.2, -0.15) is 14.1 Å². The van der Waals surface area contributed by atoms with Crippen molar-refractivity contribution in [1.29, 1.82) is 0 Å². The normalized spacial score (nSPS) is 48.1. The number of aliphatic imine (C=N–C) groups is 1. The number of hydrogen-bond donors (Lipinski definition) is 1. The summed E-state index contributed by atoms with van der Waals surface area (Å²) in [5, 5.41) is 23.2. The van der Waals surface area contributed by atoms with Crippen LogP contribution in [-0.4, -0.2) is 58.8 Å². The summed E-state index contributed by atoms with van der Waals surface area (Å²) in [7, 11) is 3.74. The molecule has 3 rings (SSSR count). The van der Waals surface area contributed by atoms with E-state index in [1.54, 1.807) is 0 Å². The van der Waals surface area contributed by atoms with Gasteiger partial charge in [-0.05, 0) is 89.3 Å². The van der Waals surface area contributed by atoms with Gasteiger partial charge in [0.25, 0.3) is 0 Å². The molecular formula is C23H39N3O2S-2. The lowest BCUT2D eigenvalue weighted by molar-refractivity contribution is -0.151. The molecule has 0 aromatic rings. The van der Waals surface area contributed by atoms with Gasteiger partial charge in [0, 0.05) is 11.7 Å². The minimum atomic E-state index is -0.791. The van der Waals surface area contributed by atoms with Crippen LogP contribution >= 0.6 is 12.2 Å². The van der Waals surface area contributed by atoms with Crippen molar-refractivity contribution in [2.24, 2.45) is 22.7 Å². The third kappa shape index (κ3) is 3.97. The first kappa shape index (κ1) is 23.3. The highest BCUT2D eigenvalue weighted by Crippen LogP contribution is 2.59. The van der Waals surface area contributed by atoms with Crippen LogP contribution in [-0.2, 0) is 4.74 Å². The monoisotopic (exact) mass is 421 g/mol. The predicted molar refractivity (Wildman–Crippen MR) is 122 cm³/mol. The summed E-state index contributed by atoms with van der Waals surface area (Å²) in [6.07, 6.45) is 5.84. The third-order valence-electron chi connectivity index (χ3n) is 8.70. The molecule has 2 aliphatic carbocycles. The Morgan fingerprint density at radius 1 is 1.07 bits per heavy atom. The lowest BCUT2D eigenvalue weighted by Gasteiger charge is -2.63. The Kier molecular flexibility index (Phi) is 6.40. The quantitative estimate of drug-likeness (QED) is 0.494. The van der Waals surface area contributed by atoms with E-state index >= 15 is 0 Å². The second-order valence-electron chi connectivity index (χ2n) is 10.8. The number of ether oxygens (including phenoxy) is 1. The first-order valence-electron chi connectivity index (χ1n) is 11.1. The lowest BCUT2D eigenvalue weighted by Crippen LogP contribution is -2.62. The van der Waals surface area contributed by atoms with Gasteiger partial charge >= 0.3 is 0 Å². The van der Waals surface area contributed by atoms with Crippen molar-refractivity contribution in [2.45, 2.75) is 108 Å². The number of nitrogens with zero attached hydrogens (tertiary/aromatic N) is 3. The molecule has 1 saturated heterocycles. The largest absolute Gasteiger partial charge is 0.660 e. The van der Waals surface area contributed by atoms with E-state index < -0.39 is 5.60 Å². The molecule has 3 fully saturated rings. The van der Waals surface area contributed by atoms with Crippen LogP contribution in [0.25, 0.3) is 10.6 Å². The van der Waals surface area contributed by atoms with E-state index in [9.17, 15) is 5.11 Å². The average molecular weight is 422 g/mol. The molecule has 0 radical (unpaired) electrons. The van der Waals surface area contributed by atoms with Crippen molar-refractivity contribution in [3.63, 3.8) is 0 Å². The van der Waals surface area contributed by atoms with Crippen LogP contribution in [0.15, 0.2) is 4.99 Å². The topological polar surface area (TPSA) is 70.0 Å². The van der Waals surface area contributed by atoms with E-state index in [4.69, 9.17) is 22.3 Å². The van der Waals surface area contributed by atoms with E-state index in [1.807, 2.05) is 21.0 Å². The van der Waals surface area contributed by atoms with Crippen LogP contribution in [0.2, 0.25) is 0 Å². The number of isothiocyanates is 1.